The standard InChI is InChI=1S/C12H24BrNO2S/c1-10(2)12(8-13)7-11-5-4-6-14(9-11)17(3,15)16/h10-12H,4-9H2,1-3H3. The minimum Gasteiger partial charge on any atom is -0.213 e. The van der Waals surface area contributed by atoms with Gasteiger partial charge >= 0.3 is 0 Å². The minimum atomic E-state index is -3.00. The lowest BCUT2D eigenvalue weighted by molar-refractivity contribution is 0.219. The molecule has 2 atom stereocenters. The van der Waals surface area contributed by atoms with Crippen LogP contribution in [0.15, 0.2) is 0 Å². The van der Waals surface area contributed by atoms with Crippen molar-refractivity contribution < 1.29 is 8.42 Å². The number of sulfonamides is 1. The van der Waals surface area contributed by atoms with Crippen LogP contribution in [0.25, 0.3) is 0 Å². The lowest BCUT2D eigenvalue weighted by atomic mass is 9.84. The summed E-state index contributed by atoms with van der Waals surface area (Å²) < 4.78 is 24.7. The molecule has 17 heavy (non-hydrogen) atoms. The lowest BCUT2D eigenvalue weighted by Crippen LogP contribution is -2.40. The van der Waals surface area contributed by atoms with Crippen molar-refractivity contribution in [3.05, 3.63) is 0 Å². The molecular weight excluding hydrogens is 302 g/mol. The molecule has 102 valence electrons. The average molecular weight is 326 g/mol. The summed E-state index contributed by atoms with van der Waals surface area (Å²) in [6.07, 6.45) is 4.63. The van der Waals surface area contributed by atoms with Gasteiger partial charge in [0.2, 0.25) is 10.0 Å². The summed E-state index contributed by atoms with van der Waals surface area (Å²) in [5.74, 6) is 1.84. The highest BCUT2D eigenvalue weighted by molar-refractivity contribution is 9.09. The van der Waals surface area contributed by atoms with E-state index in [0.717, 1.165) is 24.7 Å². The summed E-state index contributed by atoms with van der Waals surface area (Å²) in [6, 6.07) is 0. The maximum Gasteiger partial charge on any atom is 0.211 e. The lowest BCUT2D eigenvalue weighted by Gasteiger charge is -2.33. The Labute approximate surface area is 114 Å². The summed E-state index contributed by atoms with van der Waals surface area (Å²) >= 11 is 3.57. The van der Waals surface area contributed by atoms with Crippen molar-refractivity contribution in [2.24, 2.45) is 17.8 Å². The Morgan fingerprint density at radius 3 is 2.53 bits per heavy atom. The molecule has 1 aliphatic rings. The van der Waals surface area contributed by atoms with E-state index in [0.29, 0.717) is 24.3 Å². The van der Waals surface area contributed by atoms with Gasteiger partial charge < -0.3 is 0 Å². The molecule has 1 heterocycles. The van der Waals surface area contributed by atoms with Crippen LogP contribution in [0, 0.1) is 17.8 Å². The van der Waals surface area contributed by atoms with Crippen LogP contribution in [0.2, 0.25) is 0 Å². The predicted molar refractivity (Wildman–Crippen MR) is 75.9 cm³/mol. The highest BCUT2D eigenvalue weighted by Crippen LogP contribution is 2.28. The van der Waals surface area contributed by atoms with Crippen molar-refractivity contribution in [3.63, 3.8) is 0 Å². The zero-order valence-electron chi connectivity index (χ0n) is 11.0. The van der Waals surface area contributed by atoms with Crippen molar-refractivity contribution in [3.8, 4) is 0 Å². The van der Waals surface area contributed by atoms with Gasteiger partial charge in [-0.05, 0) is 37.0 Å². The molecular formula is C12H24BrNO2S. The summed E-state index contributed by atoms with van der Waals surface area (Å²) in [5, 5.41) is 1.01. The number of nitrogens with zero attached hydrogens (tertiary/aromatic N) is 1. The summed E-state index contributed by atoms with van der Waals surface area (Å²) in [7, 11) is -3.00. The Morgan fingerprint density at radius 2 is 2.06 bits per heavy atom. The van der Waals surface area contributed by atoms with Crippen LogP contribution in [-0.2, 0) is 10.0 Å². The molecule has 0 aromatic carbocycles. The third-order valence-electron chi connectivity index (χ3n) is 3.73. The Bertz CT molecular complexity index is 329. The molecule has 0 amide bonds. The molecule has 0 N–H and O–H groups in total. The summed E-state index contributed by atoms with van der Waals surface area (Å²) in [4.78, 5) is 0. The number of piperidine rings is 1. The molecule has 1 fully saturated rings. The van der Waals surface area contributed by atoms with E-state index in [-0.39, 0.29) is 0 Å². The summed E-state index contributed by atoms with van der Waals surface area (Å²) in [5.41, 5.74) is 0. The van der Waals surface area contributed by atoms with E-state index in [9.17, 15) is 8.42 Å². The molecule has 0 radical (unpaired) electrons. The Balaban J connectivity index is 2.55. The Kier molecular flexibility index (Phi) is 5.93. The van der Waals surface area contributed by atoms with E-state index in [2.05, 4.69) is 29.8 Å². The van der Waals surface area contributed by atoms with Crippen molar-refractivity contribution in [1.82, 2.24) is 4.31 Å². The van der Waals surface area contributed by atoms with E-state index in [1.165, 1.54) is 12.7 Å². The van der Waals surface area contributed by atoms with Crippen LogP contribution in [-0.4, -0.2) is 37.4 Å². The van der Waals surface area contributed by atoms with E-state index in [4.69, 9.17) is 0 Å². The smallest absolute Gasteiger partial charge is 0.211 e. The fourth-order valence-corrected chi connectivity index (χ4v) is 4.42. The molecule has 1 aliphatic heterocycles. The first-order valence-electron chi connectivity index (χ1n) is 6.35. The van der Waals surface area contributed by atoms with Crippen molar-refractivity contribution >= 4 is 26.0 Å². The molecule has 1 saturated heterocycles. The second-order valence-electron chi connectivity index (χ2n) is 5.52. The van der Waals surface area contributed by atoms with Gasteiger partial charge in [0.05, 0.1) is 6.26 Å². The molecule has 0 saturated carbocycles. The monoisotopic (exact) mass is 325 g/mol. The zero-order chi connectivity index (χ0) is 13.1. The van der Waals surface area contributed by atoms with Crippen LogP contribution in [0.1, 0.15) is 33.1 Å². The molecule has 3 nitrogen and oxygen atoms in total. The number of alkyl halides is 1. The third kappa shape index (κ3) is 4.87. The third-order valence-corrected chi connectivity index (χ3v) is 5.83. The van der Waals surface area contributed by atoms with Gasteiger partial charge in [-0.25, -0.2) is 12.7 Å². The maximum absolute atomic E-state index is 11.5. The van der Waals surface area contributed by atoms with E-state index in [1.54, 1.807) is 4.31 Å². The van der Waals surface area contributed by atoms with Gasteiger partial charge in [0.15, 0.2) is 0 Å². The van der Waals surface area contributed by atoms with Crippen LogP contribution >= 0.6 is 15.9 Å². The van der Waals surface area contributed by atoms with Gasteiger partial charge in [0, 0.05) is 18.4 Å². The maximum atomic E-state index is 11.5. The first-order valence-corrected chi connectivity index (χ1v) is 9.32. The van der Waals surface area contributed by atoms with Crippen LogP contribution in [0.5, 0.6) is 0 Å². The molecule has 0 aliphatic carbocycles. The van der Waals surface area contributed by atoms with Gasteiger partial charge in [-0.3, -0.25) is 0 Å². The SMILES string of the molecule is CC(C)C(CBr)CC1CCCN(S(C)(=O)=O)C1. The van der Waals surface area contributed by atoms with Gasteiger partial charge in [-0.2, -0.15) is 0 Å². The first kappa shape index (κ1) is 15.4. The van der Waals surface area contributed by atoms with Gasteiger partial charge in [0.1, 0.15) is 0 Å². The van der Waals surface area contributed by atoms with Crippen molar-refractivity contribution in [2.75, 3.05) is 24.7 Å². The Hall–Kier alpha value is 0.390. The van der Waals surface area contributed by atoms with Crippen LogP contribution in [0.3, 0.4) is 0 Å². The molecule has 1 rings (SSSR count). The fraction of sp³-hybridized carbons (Fsp3) is 1.00. The van der Waals surface area contributed by atoms with Gasteiger partial charge in [0.25, 0.3) is 0 Å². The quantitative estimate of drug-likeness (QED) is 0.729. The van der Waals surface area contributed by atoms with E-state index in [1.807, 2.05) is 0 Å². The molecule has 0 aromatic heterocycles. The number of halogens is 1. The largest absolute Gasteiger partial charge is 0.213 e. The van der Waals surface area contributed by atoms with E-state index >= 15 is 0 Å². The number of hydrogen-bond acceptors (Lipinski definition) is 2. The highest BCUT2D eigenvalue weighted by Gasteiger charge is 2.28. The first-order chi connectivity index (χ1) is 7.84. The average Bonchev–Trinajstić information content (AvgIpc) is 2.24. The summed E-state index contributed by atoms with van der Waals surface area (Å²) in [6.45, 7) is 5.90. The van der Waals surface area contributed by atoms with Gasteiger partial charge in [-0.1, -0.05) is 29.8 Å². The Morgan fingerprint density at radius 1 is 1.41 bits per heavy atom. The molecule has 0 bridgehead atoms. The minimum absolute atomic E-state index is 0.531. The predicted octanol–water partition coefficient (Wildman–Crippen LogP) is 2.72. The molecule has 0 aromatic rings. The van der Waals surface area contributed by atoms with E-state index < -0.39 is 10.0 Å². The zero-order valence-corrected chi connectivity index (χ0v) is 13.4. The van der Waals surface area contributed by atoms with Crippen molar-refractivity contribution in [2.45, 2.75) is 33.1 Å². The fourth-order valence-electron chi connectivity index (χ4n) is 2.46. The topological polar surface area (TPSA) is 37.4 Å². The number of hydrogen-bond donors (Lipinski definition) is 0. The van der Waals surface area contributed by atoms with Crippen LogP contribution < -0.4 is 0 Å². The molecule has 5 heteroatoms. The second-order valence-corrected chi connectivity index (χ2v) is 8.15. The molecule has 0 spiro atoms. The normalized spacial score (nSPS) is 25.1. The highest BCUT2D eigenvalue weighted by atomic mass is 79.9. The molecule has 2 unspecified atom stereocenters. The van der Waals surface area contributed by atoms with Crippen LogP contribution in [0.4, 0.5) is 0 Å². The van der Waals surface area contributed by atoms with Gasteiger partial charge in [-0.15, -0.1) is 0 Å². The second kappa shape index (κ2) is 6.53. The van der Waals surface area contributed by atoms with Crippen molar-refractivity contribution in [1.29, 1.82) is 0 Å². The number of rotatable bonds is 5.